The molecule has 1 aliphatic rings. The van der Waals surface area contributed by atoms with Gasteiger partial charge < -0.3 is 14.4 Å². The minimum Gasteiger partial charge on any atom is -0.459 e. The van der Waals surface area contributed by atoms with Crippen molar-refractivity contribution in [2.75, 3.05) is 18.1 Å². The molecule has 0 N–H and O–H groups in total. The van der Waals surface area contributed by atoms with Crippen molar-refractivity contribution in [1.29, 1.82) is 0 Å². The maximum Gasteiger partial charge on any atom is 0.338 e. The summed E-state index contributed by atoms with van der Waals surface area (Å²) in [6.07, 6.45) is -0.339. The Kier molecular flexibility index (Phi) is 7.17. The minimum absolute atomic E-state index is 0.0530. The number of Topliss-reactive ketones (excluding diaryl/α,β-unsaturated/α-hetero) is 1. The molecule has 10 nitrogen and oxygen atoms in total. The van der Waals surface area contributed by atoms with Crippen LogP contribution in [-0.4, -0.2) is 47.8 Å². The van der Waals surface area contributed by atoms with Gasteiger partial charge in [0.25, 0.3) is 5.69 Å². The van der Waals surface area contributed by atoms with Crippen molar-refractivity contribution in [3.05, 3.63) is 69.8 Å². The number of ketones is 1. The maximum atomic E-state index is 12.4. The normalized spacial score (nSPS) is 15.4. The van der Waals surface area contributed by atoms with E-state index in [-0.39, 0.29) is 36.2 Å². The van der Waals surface area contributed by atoms with E-state index in [4.69, 9.17) is 9.47 Å². The van der Waals surface area contributed by atoms with E-state index in [9.17, 15) is 29.3 Å². The fourth-order valence-electron chi connectivity index (χ4n) is 3.31. The third-order valence-electron chi connectivity index (χ3n) is 4.94. The largest absolute Gasteiger partial charge is 0.459 e. The van der Waals surface area contributed by atoms with E-state index in [2.05, 4.69) is 0 Å². The molecular formula is C23H22N2O8. The van der Waals surface area contributed by atoms with Crippen LogP contribution in [0.2, 0.25) is 0 Å². The number of nitro groups is 1. The van der Waals surface area contributed by atoms with Crippen LogP contribution in [0.4, 0.5) is 11.4 Å². The predicted octanol–water partition coefficient (Wildman–Crippen LogP) is 2.94. The molecule has 0 saturated carbocycles. The lowest BCUT2D eigenvalue weighted by Crippen LogP contribution is -2.27. The summed E-state index contributed by atoms with van der Waals surface area (Å²) in [5.41, 5.74) is 0.670. The van der Waals surface area contributed by atoms with E-state index in [0.29, 0.717) is 11.3 Å². The highest BCUT2D eigenvalue weighted by Gasteiger charge is 2.36. The fraction of sp³-hybridized carbons (Fsp3) is 0.304. The lowest BCUT2D eigenvalue weighted by Gasteiger charge is -2.17. The summed E-state index contributed by atoms with van der Waals surface area (Å²) in [6, 6.07) is 11.4. The van der Waals surface area contributed by atoms with Crippen molar-refractivity contribution in [3.63, 3.8) is 0 Å². The van der Waals surface area contributed by atoms with Crippen molar-refractivity contribution < 1.29 is 33.6 Å². The first-order valence-corrected chi connectivity index (χ1v) is 10.2. The van der Waals surface area contributed by atoms with Crippen LogP contribution in [0.25, 0.3) is 0 Å². The molecule has 2 aromatic rings. The van der Waals surface area contributed by atoms with Gasteiger partial charge in [0.05, 0.1) is 22.5 Å². The molecule has 0 spiro atoms. The number of hydrogen-bond donors (Lipinski definition) is 0. The number of ether oxygens (including phenoxy) is 2. The van der Waals surface area contributed by atoms with Gasteiger partial charge in [-0.3, -0.25) is 24.5 Å². The van der Waals surface area contributed by atoms with Gasteiger partial charge in [-0.1, -0.05) is 12.1 Å². The number of carbonyl (C=O) groups is 4. The Morgan fingerprint density at radius 2 is 1.82 bits per heavy atom. The zero-order chi connectivity index (χ0) is 24.1. The van der Waals surface area contributed by atoms with Gasteiger partial charge in [0.1, 0.15) is 0 Å². The summed E-state index contributed by atoms with van der Waals surface area (Å²) in [4.78, 5) is 60.6. The van der Waals surface area contributed by atoms with Crippen molar-refractivity contribution in [1.82, 2.24) is 0 Å². The lowest BCUT2D eigenvalue weighted by molar-refractivity contribution is -0.384. The Balaban J connectivity index is 1.58. The van der Waals surface area contributed by atoms with Crippen molar-refractivity contribution in [2.24, 2.45) is 5.92 Å². The van der Waals surface area contributed by atoms with Crippen molar-refractivity contribution >= 4 is 35.0 Å². The highest BCUT2D eigenvalue weighted by Crippen LogP contribution is 2.26. The lowest BCUT2D eigenvalue weighted by atomic mass is 10.1. The predicted molar refractivity (Wildman–Crippen MR) is 116 cm³/mol. The van der Waals surface area contributed by atoms with Crippen LogP contribution in [0, 0.1) is 16.0 Å². The Bertz CT molecular complexity index is 1090. The van der Waals surface area contributed by atoms with E-state index in [1.165, 1.54) is 35.2 Å². The van der Waals surface area contributed by atoms with Crippen molar-refractivity contribution in [3.8, 4) is 0 Å². The number of non-ortho nitro benzene ring substituents is 1. The first-order valence-electron chi connectivity index (χ1n) is 10.2. The fourth-order valence-corrected chi connectivity index (χ4v) is 3.31. The monoisotopic (exact) mass is 454 g/mol. The van der Waals surface area contributed by atoms with Crippen LogP contribution in [0.5, 0.6) is 0 Å². The summed E-state index contributed by atoms with van der Waals surface area (Å²) in [6.45, 7) is 2.97. The highest BCUT2D eigenvalue weighted by molar-refractivity contribution is 6.01. The molecule has 10 heteroatoms. The standard InChI is InChI=1S/C23H22N2O8/c1-14(2)33-23(29)15-6-8-18(9-7-15)24-12-17(11-21(24)27)22(28)32-13-20(26)16-4-3-5-19(10-16)25(30)31/h3-10,14,17H,11-13H2,1-2H3/t17-/m1/s1. The molecule has 0 unspecified atom stereocenters. The quantitative estimate of drug-likeness (QED) is 0.257. The van der Waals surface area contributed by atoms with Gasteiger partial charge in [0.2, 0.25) is 11.7 Å². The molecule has 2 aromatic carbocycles. The number of esters is 2. The molecule has 1 amide bonds. The summed E-state index contributed by atoms with van der Waals surface area (Å²) >= 11 is 0. The van der Waals surface area contributed by atoms with Crippen molar-refractivity contribution in [2.45, 2.75) is 26.4 Å². The molecule has 1 aliphatic heterocycles. The third kappa shape index (κ3) is 5.79. The number of carbonyl (C=O) groups excluding carboxylic acids is 4. The second-order valence-corrected chi connectivity index (χ2v) is 7.74. The SMILES string of the molecule is CC(C)OC(=O)c1ccc(N2C[C@H](C(=O)OCC(=O)c3cccc([N+](=O)[O-])c3)CC2=O)cc1. The van der Waals surface area contributed by atoms with Gasteiger partial charge in [0, 0.05) is 36.3 Å². The van der Waals surface area contributed by atoms with Gasteiger partial charge in [-0.25, -0.2) is 4.79 Å². The molecule has 3 rings (SSSR count). The molecular weight excluding hydrogens is 432 g/mol. The van der Waals surface area contributed by atoms with Gasteiger partial charge in [-0.15, -0.1) is 0 Å². The van der Waals surface area contributed by atoms with E-state index in [1.54, 1.807) is 26.0 Å². The van der Waals surface area contributed by atoms with Gasteiger partial charge >= 0.3 is 11.9 Å². The molecule has 0 bridgehead atoms. The number of nitrogens with zero attached hydrogens (tertiary/aromatic N) is 2. The van der Waals surface area contributed by atoms with E-state index in [0.717, 1.165) is 6.07 Å². The minimum atomic E-state index is -0.763. The molecule has 1 atom stereocenters. The Morgan fingerprint density at radius 1 is 1.12 bits per heavy atom. The smallest absolute Gasteiger partial charge is 0.338 e. The number of hydrogen-bond acceptors (Lipinski definition) is 8. The molecule has 1 fully saturated rings. The summed E-state index contributed by atoms with van der Waals surface area (Å²) in [5.74, 6) is -2.82. The second-order valence-electron chi connectivity index (χ2n) is 7.74. The number of anilines is 1. The van der Waals surface area contributed by atoms with Crippen LogP contribution in [0.1, 0.15) is 41.0 Å². The van der Waals surface area contributed by atoms with Crippen LogP contribution in [0.15, 0.2) is 48.5 Å². The number of amides is 1. The Labute approximate surface area is 189 Å². The molecule has 172 valence electrons. The molecule has 33 heavy (non-hydrogen) atoms. The maximum absolute atomic E-state index is 12.4. The summed E-state index contributed by atoms with van der Waals surface area (Å²) in [5, 5.41) is 10.8. The summed E-state index contributed by atoms with van der Waals surface area (Å²) < 4.78 is 10.2. The van der Waals surface area contributed by atoms with Gasteiger partial charge in [0.15, 0.2) is 6.61 Å². The first kappa shape index (κ1) is 23.6. The molecule has 0 aliphatic carbocycles. The second kappa shape index (κ2) is 10.0. The molecule has 0 radical (unpaired) electrons. The Hall–Kier alpha value is -4.08. The third-order valence-corrected chi connectivity index (χ3v) is 4.94. The number of rotatable bonds is 8. The highest BCUT2D eigenvalue weighted by atomic mass is 16.6. The molecule has 0 aromatic heterocycles. The van der Waals surface area contributed by atoms with E-state index < -0.39 is 35.2 Å². The van der Waals surface area contributed by atoms with Crippen LogP contribution in [-0.2, 0) is 19.1 Å². The van der Waals surface area contributed by atoms with E-state index in [1.807, 2.05) is 0 Å². The van der Waals surface area contributed by atoms with Gasteiger partial charge in [-0.05, 0) is 38.1 Å². The first-order chi connectivity index (χ1) is 15.7. The molecule has 1 saturated heterocycles. The van der Waals surface area contributed by atoms with Crippen LogP contribution >= 0.6 is 0 Å². The van der Waals surface area contributed by atoms with E-state index >= 15 is 0 Å². The number of benzene rings is 2. The summed E-state index contributed by atoms with van der Waals surface area (Å²) in [7, 11) is 0. The average Bonchev–Trinajstić information content (AvgIpc) is 3.18. The van der Waals surface area contributed by atoms with Crippen LogP contribution < -0.4 is 4.90 Å². The average molecular weight is 454 g/mol. The number of nitro benzene ring substituents is 1. The zero-order valence-electron chi connectivity index (χ0n) is 18.1. The van der Waals surface area contributed by atoms with Crippen LogP contribution in [0.3, 0.4) is 0 Å². The topological polar surface area (TPSA) is 133 Å². The zero-order valence-corrected chi connectivity index (χ0v) is 18.1. The molecule has 1 heterocycles. The van der Waals surface area contributed by atoms with Gasteiger partial charge in [-0.2, -0.15) is 0 Å². The Morgan fingerprint density at radius 3 is 2.45 bits per heavy atom.